The van der Waals surface area contributed by atoms with Crippen molar-refractivity contribution in [2.75, 3.05) is 11.9 Å². The van der Waals surface area contributed by atoms with Crippen LogP contribution < -0.4 is 15.6 Å². The summed E-state index contributed by atoms with van der Waals surface area (Å²) in [7, 11) is -3.90. The number of fused-ring (bicyclic) bond motifs is 1. The molecule has 1 heterocycles. The lowest BCUT2D eigenvalue weighted by molar-refractivity contribution is -0.116. The molecule has 0 bridgehead atoms. The zero-order chi connectivity index (χ0) is 15.5. The smallest absolute Gasteiger partial charge is 0.422 e. The molecule has 0 atom stereocenters. The number of anilines is 1. The Morgan fingerprint density at radius 2 is 2.14 bits per heavy atom. The second-order valence-corrected chi connectivity index (χ2v) is 6.00. The lowest BCUT2D eigenvalue weighted by atomic mass is 10.0. The van der Waals surface area contributed by atoms with Crippen LogP contribution in [0.25, 0.3) is 0 Å². The van der Waals surface area contributed by atoms with Crippen LogP contribution in [-0.2, 0) is 26.0 Å². The van der Waals surface area contributed by atoms with Crippen molar-refractivity contribution in [1.29, 1.82) is 0 Å². The number of ether oxygens (including phenoxy) is 1. The third-order valence-corrected chi connectivity index (χ3v) is 4.09. The minimum Gasteiger partial charge on any atom is -0.449 e. The summed E-state index contributed by atoms with van der Waals surface area (Å²) >= 11 is 0. The quantitative estimate of drug-likeness (QED) is 0.701. The first-order valence-corrected chi connectivity index (χ1v) is 7.78. The molecule has 1 aromatic carbocycles. The Morgan fingerprint density at radius 1 is 1.38 bits per heavy atom. The Bertz CT molecular complexity index is 671. The molecule has 2 rings (SSSR count). The maximum atomic E-state index is 12.0. The average molecular weight is 313 g/mol. The molecular formula is C12H15N3O5S. The summed E-state index contributed by atoms with van der Waals surface area (Å²) < 4.78 is 28.6. The molecule has 0 spiro atoms. The van der Waals surface area contributed by atoms with Crippen molar-refractivity contribution in [3.63, 3.8) is 0 Å². The fourth-order valence-electron chi connectivity index (χ4n) is 1.86. The highest BCUT2D eigenvalue weighted by atomic mass is 32.2. The van der Waals surface area contributed by atoms with E-state index in [1.54, 1.807) is 6.92 Å². The first-order chi connectivity index (χ1) is 9.92. The highest BCUT2D eigenvalue weighted by Crippen LogP contribution is 2.25. The van der Waals surface area contributed by atoms with Gasteiger partial charge in [-0.05, 0) is 37.1 Å². The lowest BCUT2D eigenvalue weighted by Crippen LogP contribution is -2.41. The van der Waals surface area contributed by atoms with Gasteiger partial charge in [-0.2, -0.15) is 0 Å². The van der Waals surface area contributed by atoms with E-state index in [0.29, 0.717) is 18.5 Å². The number of sulfonamides is 1. The molecule has 0 fully saturated rings. The highest BCUT2D eigenvalue weighted by Gasteiger charge is 2.20. The van der Waals surface area contributed by atoms with Gasteiger partial charge in [-0.15, -0.1) is 4.83 Å². The molecule has 0 saturated carbocycles. The van der Waals surface area contributed by atoms with Crippen LogP contribution in [0, 0.1) is 0 Å². The Labute approximate surface area is 121 Å². The van der Waals surface area contributed by atoms with Gasteiger partial charge < -0.3 is 10.1 Å². The Kier molecular flexibility index (Phi) is 4.43. The van der Waals surface area contributed by atoms with E-state index < -0.39 is 16.1 Å². The standard InChI is InChI=1S/C12H15N3O5S/c1-2-20-12(17)14-15-21(18,19)9-4-5-10-8(7-9)3-6-11(16)13-10/h4-5,7,15H,2-3,6H2,1H3,(H,13,16)(H,14,17). The van der Waals surface area contributed by atoms with E-state index in [2.05, 4.69) is 10.1 Å². The summed E-state index contributed by atoms with van der Waals surface area (Å²) in [4.78, 5) is 24.3. The molecule has 21 heavy (non-hydrogen) atoms. The van der Waals surface area contributed by atoms with Crippen LogP contribution in [0.4, 0.5) is 10.5 Å². The van der Waals surface area contributed by atoms with Crippen molar-refractivity contribution in [3.8, 4) is 0 Å². The number of hydrazine groups is 1. The monoisotopic (exact) mass is 313 g/mol. The molecule has 0 radical (unpaired) electrons. The van der Waals surface area contributed by atoms with E-state index in [0.717, 1.165) is 5.56 Å². The number of hydrogen-bond donors (Lipinski definition) is 3. The number of rotatable bonds is 4. The molecule has 1 aliphatic heterocycles. The van der Waals surface area contributed by atoms with Gasteiger partial charge in [0.2, 0.25) is 5.91 Å². The van der Waals surface area contributed by atoms with Crippen LogP contribution in [0.5, 0.6) is 0 Å². The third-order valence-electron chi connectivity index (χ3n) is 2.85. The number of hydrogen-bond acceptors (Lipinski definition) is 5. The number of benzene rings is 1. The van der Waals surface area contributed by atoms with Crippen LogP contribution in [-0.4, -0.2) is 27.0 Å². The molecular weight excluding hydrogens is 298 g/mol. The Morgan fingerprint density at radius 3 is 2.86 bits per heavy atom. The van der Waals surface area contributed by atoms with E-state index >= 15 is 0 Å². The minimum atomic E-state index is -3.90. The number of nitrogens with one attached hydrogen (secondary N) is 3. The zero-order valence-corrected chi connectivity index (χ0v) is 12.1. The van der Waals surface area contributed by atoms with Crippen LogP contribution >= 0.6 is 0 Å². The summed E-state index contributed by atoms with van der Waals surface area (Å²) in [6.45, 7) is 1.73. The maximum Gasteiger partial charge on any atom is 0.422 e. The first kappa shape index (κ1) is 15.3. The van der Waals surface area contributed by atoms with Gasteiger partial charge in [0.25, 0.3) is 10.0 Å². The van der Waals surface area contributed by atoms with Gasteiger partial charge in [0.1, 0.15) is 0 Å². The predicted molar refractivity (Wildman–Crippen MR) is 73.9 cm³/mol. The van der Waals surface area contributed by atoms with Crippen LogP contribution in [0.2, 0.25) is 0 Å². The zero-order valence-electron chi connectivity index (χ0n) is 11.3. The van der Waals surface area contributed by atoms with E-state index in [4.69, 9.17) is 0 Å². The summed E-state index contributed by atoms with van der Waals surface area (Å²) in [5, 5.41) is 2.66. The summed E-state index contributed by atoms with van der Waals surface area (Å²) in [5.74, 6) is -0.0970. The van der Waals surface area contributed by atoms with Gasteiger partial charge in [-0.1, -0.05) is 0 Å². The SMILES string of the molecule is CCOC(=O)NNS(=O)(=O)c1ccc2c(c1)CCC(=O)N2. The molecule has 9 heteroatoms. The topological polar surface area (TPSA) is 114 Å². The van der Waals surface area contributed by atoms with Crippen LogP contribution in [0.1, 0.15) is 18.9 Å². The maximum absolute atomic E-state index is 12.0. The number of amides is 2. The molecule has 2 amide bonds. The Hall–Kier alpha value is -2.13. The molecule has 0 aromatic heterocycles. The summed E-state index contributed by atoms with van der Waals surface area (Å²) in [5.41, 5.74) is 3.27. The van der Waals surface area contributed by atoms with Crippen molar-refractivity contribution in [1.82, 2.24) is 10.3 Å². The van der Waals surface area contributed by atoms with Crippen molar-refractivity contribution < 1.29 is 22.7 Å². The number of aryl methyl sites for hydroxylation is 1. The second-order valence-electron chi connectivity index (χ2n) is 4.32. The van der Waals surface area contributed by atoms with Gasteiger partial charge >= 0.3 is 6.09 Å². The average Bonchev–Trinajstić information content (AvgIpc) is 2.45. The van der Waals surface area contributed by atoms with E-state index in [1.165, 1.54) is 18.2 Å². The molecule has 0 unspecified atom stereocenters. The number of carbonyl (C=O) groups is 2. The molecule has 3 N–H and O–H groups in total. The van der Waals surface area contributed by atoms with E-state index in [1.807, 2.05) is 10.3 Å². The van der Waals surface area contributed by atoms with Crippen molar-refractivity contribution in [2.24, 2.45) is 0 Å². The van der Waals surface area contributed by atoms with Gasteiger partial charge in [0.15, 0.2) is 0 Å². The largest absolute Gasteiger partial charge is 0.449 e. The summed E-state index contributed by atoms with van der Waals surface area (Å²) in [6, 6.07) is 4.33. The van der Waals surface area contributed by atoms with Gasteiger partial charge in [0.05, 0.1) is 11.5 Å². The van der Waals surface area contributed by atoms with Crippen LogP contribution in [0.15, 0.2) is 23.1 Å². The lowest BCUT2D eigenvalue weighted by Gasteiger charge is -2.17. The molecule has 0 aliphatic carbocycles. The van der Waals surface area contributed by atoms with E-state index in [-0.39, 0.29) is 17.4 Å². The molecule has 1 aromatic rings. The normalized spacial score (nSPS) is 14.0. The third kappa shape index (κ3) is 3.70. The van der Waals surface area contributed by atoms with Gasteiger partial charge in [-0.3, -0.25) is 4.79 Å². The van der Waals surface area contributed by atoms with Crippen molar-refractivity contribution >= 4 is 27.7 Å². The minimum absolute atomic E-state index is 0.00537. The molecule has 1 aliphatic rings. The fraction of sp³-hybridized carbons (Fsp3) is 0.333. The van der Waals surface area contributed by atoms with Crippen LogP contribution in [0.3, 0.4) is 0 Å². The molecule has 0 saturated heterocycles. The second kappa shape index (κ2) is 6.10. The highest BCUT2D eigenvalue weighted by molar-refractivity contribution is 7.89. The first-order valence-electron chi connectivity index (χ1n) is 6.29. The van der Waals surface area contributed by atoms with Crippen molar-refractivity contribution in [2.45, 2.75) is 24.7 Å². The van der Waals surface area contributed by atoms with Gasteiger partial charge in [-0.25, -0.2) is 18.6 Å². The van der Waals surface area contributed by atoms with E-state index in [9.17, 15) is 18.0 Å². The molecule has 8 nitrogen and oxygen atoms in total. The van der Waals surface area contributed by atoms with Crippen molar-refractivity contribution in [3.05, 3.63) is 23.8 Å². The Balaban J connectivity index is 2.14. The fourth-order valence-corrected chi connectivity index (χ4v) is 2.74. The summed E-state index contributed by atoms with van der Waals surface area (Å²) in [6.07, 6.45) is -0.104. The molecule has 114 valence electrons. The number of carbonyl (C=O) groups excluding carboxylic acids is 2. The van der Waals surface area contributed by atoms with Gasteiger partial charge in [0, 0.05) is 12.1 Å². The predicted octanol–water partition coefficient (Wildman–Crippen LogP) is 0.511.